The number of hydrogen-bond acceptors (Lipinski definition) is 4. The Labute approximate surface area is 102 Å². The van der Waals surface area contributed by atoms with Crippen molar-refractivity contribution in [2.24, 2.45) is 0 Å². The summed E-state index contributed by atoms with van der Waals surface area (Å²) in [5.74, 6) is -2.77. The van der Waals surface area contributed by atoms with E-state index < -0.39 is 5.92 Å². The first-order valence-electron chi connectivity index (χ1n) is 5.35. The number of alkyl halides is 2. The SMILES string of the molecule is O=C(CN1CCC(F)(F)CC1)Nc1nccs1. The molecule has 0 saturated carbocycles. The standard InChI is InChI=1S/C10H13F2N3OS/c11-10(12)1-4-15(5-2-10)7-8(16)14-9-13-3-6-17-9/h3,6H,1-2,4-5,7H2,(H,13,14,16). The fourth-order valence-electron chi connectivity index (χ4n) is 1.69. The van der Waals surface area contributed by atoms with Crippen LogP contribution in [0.2, 0.25) is 0 Å². The van der Waals surface area contributed by atoms with Crippen molar-refractivity contribution in [3.63, 3.8) is 0 Å². The molecule has 1 aliphatic rings. The summed E-state index contributed by atoms with van der Waals surface area (Å²) in [6.45, 7) is 0.673. The maximum atomic E-state index is 12.9. The topological polar surface area (TPSA) is 45.2 Å². The number of carbonyl (C=O) groups excluding carboxylic acids is 1. The summed E-state index contributed by atoms with van der Waals surface area (Å²) in [5, 5.41) is 4.93. The molecule has 17 heavy (non-hydrogen) atoms. The second-order valence-electron chi connectivity index (χ2n) is 4.02. The van der Waals surface area contributed by atoms with Gasteiger partial charge in [0, 0.05) is 37.5 Å². The largest absolute Gasteiger partial charge is 0.301 e. The molecule has 4 nitrogen and oxygen atoms in total. The summed E-state index contributed by atoms with van der Waals surface area (Å²) in [4.78, 5) is 17.2. The average Bonchev–Trinajstić information content (AvgIpc) is 2.74. The van der Waals surface area contributed by atoms with Crippen LogP contribution in [0.1, 0.15) is 12.8 Å². The number of rotatable bonds is 3. The monoisotopic (exact) mass is 261 g/mol. The lowest BCUT2D eigenvalue weighted by atomic mass is 10.1. The molecule has 7 heteroatoms. The summed E-state index contributed by atoms with van der Waals surface area (Å²) in [5.41, 5.74) is 0. The van der Waals surface area contributed by atoms with Gasteiger partial charge in [0.15, 0.2) is 5.13 Å². The van der Waals surface area contributed by atoms with Crippen LogP contribution in [-0.2, 0) is 4.79 Å². The lowest BCUT2D eigenvalue weighted by Gasteiger charge is -2.30. The number of thiazole rings is 1. The molecular weight excluding hydrogens is 248 g/mol. The van der Waals surface area contributed by atoms with Gasteiger partial charge in [-0.25, -0.2) is 13.8 Å². The molecule has 0 aliphatic carbocycles. The first-order valence-corrected chi connectivity index (χ1v) is 6.23. The summed E-state index contributed by atoms with van der Waals surface area (Å²) in [7, 11) is 0. The van der Waals surface area contributed by atoms with Crippen LogP contribution < -0.4 is 5.32 Å². The number of amides is 1. The lowest BCUT2D eigenvalue weighted by Crippen LogP contribution is -2.42. The van der Waals surface area contributed by atoms with E-state index in [9.17, 15) is 13.6 Å². The van der Waals surface area contributed by atoms with E-state index in [4.69, 9.17) is 0 Å². The van der Waals surface area contributed by atoms with Gasteiger partial charge in [0.2, 0.25) is 5.91 Å². The Morgan fingerprint density at radius 2 is 2.24 bits per heavy atom. The van der Waals surface area contributed by atoms with Gasteiger partial charge in [0.25, 0.3) is 5.92 Å². The molecule has 1 aliphatic heterocycles. The first-order chi connectivity index (χ1) is 8.05. The Morgan fingerprint density at radius 1 is 1.53 bits per heavy atom. The van der Waals surface area contributed by atoms with Gasteiger partial charge in [-0.3, -0.25) is 9.69 Å². The number of halogens is 2. The zero-order valence-corrected chi connectivity index (χ0v) is 9.97. The Balaban J connectivity index is 1.76. The molecule has 2 rings (SSSR count). The molecule has 1 fully saturated rings. The molecule has 1 N–H and O–H groups in total. The zero-order chi connectivity index (χ0) is 12.3. The van der Waals surface area contributed by atoms with Crippen LogP contribution in [0.5, 0.6) is 0 Å². The van der Waals surface area contributed by atoms with E-state index in [1.165, 1.54) is 11.3 Å². The molecule has 0 unspecified atom stereocenters. The van der Waals surface area contributed by atoms with Gasteiger partial charge >= 0.3 is 0 Å². The molecule has 1 saturated heterocycles. The van der Waals surface area contributed by atoms with Gasteiger partial charge in [-0.05, 0) is 0 Å². The lowest BCUT2D eigenvalue weighted by molar-refractivity contribution is -0.119. The minimum atomic E-state index is -2.57. The van der Waals surface area contributed by atoms with Crippen molar-refractivity contribution in [1.29, 1.82) is 0 Å². The Hall–Kier alpha value is -1.08. The van der Waals surface area contributed by atoms with Gasteiger partial charge in [-0.1, -0.05) is 0 Å². The van der Waals surface area contributed by atoms with Gasteiger partial charge in [0.1, 0.15) is 0 Å². The summed E-state index contributed by atoms with van der Waals surface area (Å²) in [6.07, 6.45) is 1.26. The second kappa shape index (κ2) is 5.05. The quantitative estimate of drug-likeness (QED) is 0.902. The van der Waals surface area contributed by atoms with Gasteiger partial charge < -0.3 is 5.32 Å². The van der Waals surface area contributed by atoms with Crippen LogP contribution >= 0.6 is 11.3 Å². The fourth-order valence-corrected chi connectivity index (χ4v) is 2.23. The van der Waals surface area contributed by atoms with Crippen LogP contribution in [0.3, 0.4) is 0 Å². The number of hydrogen-bond donors (Lipinski definition) is 1. The maximum absolute atomic E-state index is 12.9. The average molecular weight is 261 g/mol. The van der Waals surface area contributed by atoms with Crippen molar-refractivity contribution < 1.29 is 13.6 Å². The van der Waals surface area contributed by atoms with Crippen molar-refractivity contribution in [3.8, 4) is 0 Å². The smallest absolute Gasteiger partial charge is 0.250 e. The highest BCUT2D eigenvalue weighted by molar-refractivity contribution is 7.13. The van der Waals surface area contributed by atoms with Gasteiger partial charge in [-0.15, -0.1) is 11.3 Å². The van der Waals surface area contributed by atoms with E-state index in [0.717, 1.165) is 0 Å². The minimum absolute atomic E-state index is 0.148. The molecule has 0 bridgehead atoms. The molecule has 1 amide bonds. The first kappa shape index (κ1) is 12.4. The number of aromatic nitrogens is 1. The Morgan fingerprint density at radius 3 is 2.82 bits per heavy atom. The van der Waals surface area contributed by atoms with Crippen LogP contribution in [-0.4, -0.2) is 41.3 Å². The van der Waals surface area contributed by atoms with Crippen molar-refractivity contribution in [2.45, 2.75) is 18.8 Å². The number of carbonyl (C=O) groups is 1. The summed E-state index contributed by atoms with van der Waals surface area (Å²) in [6, 6.07) is 0. The fraction of sp³-hybridized carbons (Fsp3) is 0.600. The van der Waals surface area contributed by atoms with Crippen molar-refractivity contribution in [2.75, 3.05) is 25.0 Å². The van der Waals surface area contributed by atoms with E-state index in [2.05, 4.69) is 10.3 Å². The number of anilines is 1. The normalized spacial score (nSPS) is 20.1. The number of piperidine rings is 1. The third kappa shape index (κ3) is 3.71. The predicted octanol–water partition coefficient (Wildman–Crippen LogP) is 1.81. The molecule has 2 heterocycles. The molecular formula is C10H13F2N3OS. The third-order valence-electron chi connectivity index (χ3n) is 2.63. The molecule has 1 aromatic rings. The van der Waals surface area contributed by atoms with Crippen LogP contribution in [0, 0.1) is 0 Å². The van der Waals surface area contributed by atoms with E-state index >= 15 is 0 Å². The van der Waals surface area contributed by atoms with Crippen molar-refractivity contribution >= 4 is 22.4 Å². The van der Waals surface area contributed by atoms with Crippen LogP contribution in [0.15, 0.2) is 11.6 Å². The second-order valence-corrected chi connectivity index (χ2v) is 4.91. The highest BCUT2D eigenvalue weighted by Crippen LogP contribution is 2.27. The highest BCUT2D eigenvalue weighted by atomic mass is 32.1. The third-order valence-corrected chi connectivity index (χ3v) is 3.32. The Bertz CT molecular complexity index is 373. The molecule has 0 aromatic carbocycles. The predicted molar refractivity (Wildman–Crippen MR) is 61.4 cm³/mol. The Kier molecular flexibility index (Phi) is 3.68. The van der Waals surface area contributed by atoms with Crippen molar-refractivity contribution in [3.05, 3.63) is 11.6 Å². The minimum Gasteiger partial charge on any atom is -0.301 e. The highest BCUT2D eigenvalue weighted by Gasteiger charge is 2.34. The molecule has 0 atom stereocenters. The number of nitrogens with one attached hydrogen (secondary N) is 1. The molecule has 94 valence electrons. The summed E-state index contributed by atoms with van der Waals surface area (Å²) >= 11 is 1.33. The number of nitrogens with zero attached hydrogens (tertiary/aromatic N) is 2. The van der Waals surface area contributed by atoms with Crippen LogP contribution in [0.4, 0.5) is 13.9 Å². The van der Waals surface area contributed by atoms with Gasteiger partial charge in [0.05, 0.1) is 6.54 Å². The van der Waals surface area contributed by atoms with E-state index in [0.29, 0.717) is 5.13 Å². The van der Waals surface area contributed by atoms with Crippen molar-refractivity contribution in [1.82, 2.24) is 9.88 Å². The van der Waals surface area contributed by atoms with E-state index in [-0.39, 0.29) is 38.4 Å². The molecule has 0 radical (unpaired) electrons. The van der Waals surface area contributed by atoms with E-state index in [1.807, 2.05) is 0 Å². The molecule has 0 spiro atoms. The number of likely N-dealkylation sites (tertiary alicyclic amines) is 1. The zero-order valence-electron chi connectivity index (χ0n) is 9.16. The van der Waals surface area contributed by atoms with Crippen LogP contribution in [0.25, 0.3) is 0 Å². The summed E-state index contributed by atoms with van der Waals surface area (Å²) < 4.78 is 25.8. The van der Waals surface area contributed by atoms with Gasteiger partial charge in [-0.2, -0.15) is 0 Å². The van der Waals surface area contributed by atoms with E-state index in [1.54, 1.807) is 16.5 Å². The molecule has 1 aromatic heterocycles. The maximum Gasteiger partial charge on any atom is 0.250 e.